The number of amides is 1. The first-order chi connectivity index (χ1) is 15.5. The molecule has 1 N–H and O–H groups in total. The summed E-state index contributed by atoms with van der Waals surface area (Å²) in [6.45, 7) is 6.12. The molecule has 2 aliphatic heterocycles. The van der Waals surface area contributed by atoms with Gasteiger partial charge in [0.05, 0.1) is 5.57 Å². The van der Waals surface area contributed by atoms with Crippen LogP contribution in [0.4, 0.5) is 0 Å². The summed E-state index contributed by atoms with van der Waals surface area (Å²) in [6.07, 6.45) is 1.76. The lowest BCUT2D eigenvalue weighted by molar-refractivity contribution is -0.114. The van der Waals surface area contributed by atoms with E-state index in [1.54, 1.807) is 17.8 Å². The van der Waals surface area contributed by atoms with Gasteiger partial charge in [-0.2, -0.15) is 10.0 Å². The van der Waals surface area contributed by atoms with Gasteiger partial charge in [0.1, 0.15) is 0 Å². The van der Waals surface area contributed by atoms with Crippen LogP contribution in [0.1, 0.15) is 23.9 Å². The lowest BCUT2D eigenvalue weighted by Crippen LogP contribution is -2.35. The second-order valence-electron chi connectivity index (χ2n) is 7.51. The molecule has 0 unspecified atom stereocenters. The van der Waals surface area contributed by atoms with Gasteiger partial charge in [-0.1, -0.05) is 49.0 Å². The van der Waals surface area contributed by atoms with Crippen molar-refractivity contribution in [1.29, 1.82) is 5.41 Å². The van der Waals surface area contributed by atoms with Crippen molar-refractivity contribution < 1.29 is 4.79 Å². The highest BCUT2D eigenvalue weighted by molar-refractivity contribution is 8.45. The summed E-state index contributed by atoms with van der Waals surface area (Å²) in [7, 11) is 0. The molecule has 3 heterocycles. The van der Waals surface area contributed by atoms with Crippen LogP contribution in [0.2, 0.25) is 0 Å². The fraction of sp³-hybridized carbons (Fsp3) is 0.167. The Morgan fingerprint density at radius 3 is 2.69 bits per heavy atom. The topological polar surface area (TPSA) is 73.8 Å². The van der Waals surface area contributed by atoms with Crippen LogP contribution < -0.4 is 0 Å². The maximum atomic E-state index is 12.7. The predicted molar refractivity (Wildman–Crippen MR) is 136 cm³/mol. The molecule has 2 aliphatic rings. The number of aliphatic imine (C=N–C) groups is 1. The molecule has 1 amide bonds. The number of amidine groups is 2. The first kappa shape index (κ1) is 20.8. The molecule has 0 saturated carbocycles. The Morgan fingerprint density at radius 1 is 1.12 bits per heavy atom. The summed E-state index contributed by atoms with van der Waals surface area (Å²) in [6, 6.07) is 16.7. The van der Waals surface area contributed by atoms with Crippen LogP contribution in [0.15, 0.2) is 64.2 Å². The molecule has 0 fully saturated rings. The van der Waals surface area contributed by atoms with E-state index in [2.05, 4.69) is 45.0 Å². The fourth-order valence-corrected chi connectivity index (χ4v) is 5.78. The summed E-state index contributed by atoms with van der Waals surface area (Å²) in [4.78, 5) is 16.9. The normalized spacial score (nSPS) is 17.2. The summed E-state index contributed by atoms with van der Waals surface area (Å²) in [5.41, 5.74) is 4.26. The number of hydrogen-bond acceptors (Lipinski definition) is 5. The minimum absolute atomic E-state index is 0.0645. The molecule has 0 radical (unpaired) electrons. The third-order valence-corrected chi connectivity index (χ3v) is 7.39. The van der Waals surface area contributed by atoms with E-state index in [1.165, 1.54) is 27.5 Å². The van der Waals surface area contributed by atoms with Gasteiger partial charge < -0.3 is 4.57 Å². The Labute approximate surface area is 194 Å². The zero-order chi connectivity index (χ0) is 22.4. The second-order valence-corrected chi connectivity index (χ2v) is 9.98. The Morgan fingerprint density at radius 2 is 1.91 bits per heavy atom. The standard InChI is InChI=1S/C24H21N5OS2/c1-4-31-24-27-29-21(25)20(22(30)26-23(29)32-24)13-18-11-14(2)28(15(18)3)19-10-9-16-7-5-6-8-17(16)12-19/h5-13,25H,4H2,1-3H3. The monoisotopic (exact) mass is 459 g/mol. The molecule has 1 aromatic heterocycles. The average Bonchev–Trinajstić information content (AvgIpc) is 3.30. The number of aromatic nitrogens is 1. The number of carbonyl (C=O) groups is 1. The van der Waals surface area contributed by atoms with Crippen molar-refractivity contribution in [2.45, 2.75) is 20.8 Å². The maximum absolute atomic E-state index is 12.7. The number of fused-ring (bicyclic) bond motifs is 2. The molecule has 3 aromatic rings. The van der Waals surface area contributed by atoms with Gasteiger partial charge in [0.25, 0.3) is 5.91 Å². The van der Waals surface area contributed by atoms with Crippen LogP contribution in [0.5, 0.6) is 0 Å². The SMILES string of the molecule is CCSC1=NN2C(=N)C(=Cc3cc(C)n(-c4ccc5ccccc5c4)c3C)C(=O)N=C2S1. The van der Waals surface area contributed by atoms with E-state index >= 15 is 0 Å². The third kappa shape index (κ3) is 3.49. The first-order valence-corrected chi connectivity index (χ1v) is 12.1. The lowest BCUT2D eigenvalue weighted by Gasteiger charge is -2.20. The third-order valence-electron chi connectivity index (χ3n) is 5.47. The Balaban J connectivity index is 1.54. The molecule has 8 heteroatoms. The smallest absolute Gasteiger partial charge is 0.283 e. The van der Waals surface area contributed by atoms with Crippen molar-refractivity contribution in [3.8, 4) is 5.69 Å². The molecule has 0 aliphatic carbocycles. The number of rotatable bonds is 3. The van der Waals surface area contributed by atoms with Crippen LogP contribution in [-0.2, 0) is 4.79 Å². The predicted octanol–water partition coefficient (Wildman–Crippen LogP) is 5.58. The van der Waals surface area contributed by atoms with Gasteiger partial charge in [-0.3, -0.25) is 10.2 Å². The van der Waals surface area contributed by atoms with Gasteiger partial charge in [0, 0.05) is 17.1 Å². The van der Waals surface area contributed by atoms with Crippen molar-refractivity contribution in [3.63, 3.8) is 0 Å². The highest BCUT2D eigenvalue weighted by Gasteiger charge is 2.35. The number of benzene rings is 2. The van der Waals surface area contributed by atoms with Crippen molar-refractivity contribution in [1.82, 2.24) is 9.58 Å². The molecular weight excluding hydrogens is 438 g/mol. The number of carbonyl (C=O) groups excluding carboxylic acids is 1. The van der Waals surface area contributed by atoms with Gasteiger partial charge in [0.15, 0.2) is 10.2 Å². The summed E-state index contributed by atoms with van der Waals surface area (Å²) in [5.74, 6) is 0.537. The van der Waals surface area contributed by atoms with Crippen LogP contribution in [0.3, 0.4) is 0 Å². The Kier molecular flexibility index (Phi) is 5.27. The fourth-order valence-electron chi connectivity index (χ4n) is 3.96. The quantitative estimate of drug-likeness (QED) is 0.519. The molecule has 6 nitrogen and oxygen atoms in total. The summed E-state index contributed by atoms with van der Waals surface area (Å²) in [5, 5.41) is 17.3. The van der Waals surface area contributed by atoms with Crippen molar-refractivity contribution in [3.05, 3.63) is 71.1 Å². The number of aryl methyl sites for hydroxylation is 1. The summed E-state index contributed by atoms with van der Waals surface area (Å²) >= 11 is 2.92. The number of hydrazone groups is 1. The van der Waals surface area contributed by atoms with E-state index in [0.717, 1.165) is 32.8 Å². The van der Waals surface area contributed by atoms with Crippen LogP contribution >= 0.6 is 23.5 Å². The minimum Gasteiger partial charge on any atom is -0.318 e. The molecule has 32 heavy (non-hydrogen) atoms. The Hall–Kier alpha value is -3.10. The van der Waals surface area contributed by atoms with Gasteiger partial charge >= 0.3 is 0 Å². The van der Waals surface area contributed by atoms with Crippen molar-refractivity contribution in [2.24, 2.45) is 10.1 Å². The number of thioether (sulfide) groups is 2. The molecule has 0 bridgehead atoms. The van der Waals surface area contributed by atoms with E-state index in [9.17, 15) is 4.79 Å². The largest absolute Gasteiger partial charge is 0.318 e. The van der Waals surface area contributed by atoms with Crippen LogP contribution in [0.25, 0.3) is 22.5 Å². The Bertz CT molecular complexity index is 1380. The number of nitrogens with one attached hydrogen (secondary N) is 1. The van der Waals surface area contributed by atoms with E-state index in [4.69, 9.17) is 5.41 Å². The highest BCUT2D eigenvalue weighted by atomic mass is 32.2. The van der Waals surface area contributed by atoms with Crippen molar-refractivity contribution in [2.75, 3.05) is 5.75 Å². The van der Waals surface area contributed by atoms with E-state index in [-0.39, 0.29) is 11.4 Å². The molecule has 160 valence electrons. The average molecular weight is 460 g/mol. The van der Waals surface area contributed by atoms with Crippen molar-refractivity contribution >= 4 is 61.7 Å². The van der Waals surface area contributed by atoms with E-state index in [0.29, 0.717) is 5.17 Å². The molecule has 0 atom stereocenters. The molecular formula is C24H21N5OS2. The molecule has 5 rings (SSSR count). The van der Waals surface area contributed by atoms with Gasteiger partial charge in [0.2, 0.25) is 5.17 Å². The summed E-state index contributed by atoms with van der Waals surface area (Å²) < 4.78 is 2.98. The zero-order valence-corrected chi connectivity index (χ0v) is 19.5. The molecule has 0 saturated heterocycles. The first-order valence-electron chi connectivity index (χ1n) is 10.3. The maximum Gasteiger partial charge on any atom is 0.283 e. The van der Waals surface area contributed by atoms with Crippen LogP contribution in [0, 0.1) is 19.3 Å². The van der Waals surface area contributed by atoms with Gasteiger partial charge in [-0.05, 0) is 72.0 Å². The second kappa shape index (κ2) is 8.11. The zero-order valence-electron chi connectivity index (χ0n) is 17.9. The number of nitrogens with zero attached hydrogens (tertiary/aromatic N) is 4. The molecule has 2 aromatic carbocycles. The van der Waals surface area contributed by atoms with E-state index in [1.807, 2.05) is 39.0 Å². The number of hydrogen-bond donors (Lipinski definition) is 1. The molecule has 0 spiro atoms. The van der Waals surface area contributed by atoms with Crippen LogP contribution in [-0.4, -0.2) is 36.6 Å². The van der Waals surface area contributed by atoms with Gasteiger partial charge in [-0.15, -0.1) is 5.10 Å². The highest BCUT2D eigenvalue weighted by Crippen LogP contribution is 2.33. The van der Waals surface area contributed by atoms with Gasteiger partial charge in [-0.25, -0.2) is 0 Å². The van der Waals surface area contributed by atoms with E-state index < -0.39 is 5.91 Å². The minimum atomic E-state index is -0.401. The lowest BCUT2D eigenvalue weighted by atomic mass is 10.1.